The Morgan fingerprint density at radius 3 is 3.00 bits per heavy atom. The van der Waals surface area contributed by atoms with Crippen LogP contribution in [0.25, 0.3) is 11.0 Å². The van der Waals surface area contributed by atoms with Crippen molar-refractivity contribution in [3.63, 3.8) is 0 Å². The molecule has 19 heavy (non-hydrogen) atoms. The molecular formula is C14H13FN2OS. The van der Waals surface area contributed by atoms with E-state index in [-0.39, 0.29) is 17.4 Å². The van der Waals surface area contributed by atoms with Gasteiger partial charge in [-0.25, -0.2) is 9.37 Å². The van der Waals surface area contributed by atoms with E-state index in [9.17, 15) is 4.39 Å². The van der Waals surface area contributed by atoms with Crippen LogP contribution in [0.3, 0.4) is 0 Å². The predicted octanol–water partition coefficient (Wildman–Crippen LogP) is 3.58. The Balaban J connectivity index is 1.89. The van der Waals surface area contributed by atoms with E-state index >= 15 is 0 Å². The average Bonchev–Trinajstić information content (AvgIpc) is 2.96. The lowest BCUT2D eigenvalue weighted by atomic mass is 10.1. The van der Waals surface area contributed by atoms with Crippen molar-refractivity contribution >= 4 is 22.3 Å². The minimum absolute atomic E-state index is 0.267. The fraction of sp³-hybridized carbons (Fsp3) is 0.214. The fourth-order valence-corrected chi connectivity index (χ4v) is 2.85. The number of para-hydroxylation sites is 1. The van der Waals surface area contributed by atoms with Gasteiger partial charge >= 0.3 is 0 Å². The SMILES string of the molecule is Cc1csc(CC(N)c2cc3cccc(F)c3o2)n1. The zero-order valence-electron chi connectivity index (χ0n) is 10.4. The van der Waals surface area contributed by atoms with Crippen molar-refractivity contribution in [3.05, 3.63) is 51.9 Å². The van der Waals surface area contributed by atoms with Crippen molar-refractivity contribution in [3.8, 4) is 0 Å². The summed E-state index contributed by atoms with van der Waals surface area (Å²) in [6, 6.07) is 6.34. The van der Waals surface area contributed by atoms with Crippen LogP contribution in [-0.2, 0) is 6.42 Å². The number of halogens is 1. The number of aromatic nitrogens is 1. The topological polar surface area (TPSA) is 52.0 Å². The second-order valence-corrected chi connectivity index (χ2v) is 5.44. The fourth-order valence-electron chi connectivity index (χ4n) is 2.02. The maximum atomic E-state index is 13.5. The number of hydrogen-bond donors (Lipinski definition) is 1. The highest BCUT2D eigenvalue weighted by Gasteiger charge is 2.16. The first-order chi connectivity index (χ1) is 9.13. The number of nitrogens with zero attached hydrogens (tertiary/aromatic N) is 1. The maximum absolute atomic E-state index is 13.5. The summed E-state index contributed by atoms with van der Waals surface area (Å²) in [5.74, 6) is 0.231. The van der Waals surface area contributed by atoms with Gasteiger partial charge < -0.3 is 10.2 Å². The van der Waals surface area contributed by atoms with Gasteiger partial charge in [-0.3, -0.25) is 0 Å². The van der Waals surface area contributed by atoms with Gasteiger partial charge in [-0.1, -0.05) is 12.1 Å². The zero-order valence-corrected chi connectivity index (χ0v) is 11.2. The quantitative estimate of drug-likeness (QED) is 0.795. The summed E-state index contributed by atoms with van der Waals surface area (Å²) in [4.78, 5) is 4.37. The van der Waals surface area contributed by atoms with Gasteiger partial charge in [0.25, 0.3) is 0 Å². The molecule has 2 N–H and O–H groups in total. The van der Waals surface area contributed by atoms with Crippen LogP contribution in [0.5, 0.6) is 0 Å². The molecule has 0 saturated carbocycles. The Bertz CT molecular complexity index is 719. The first-order valence-corrected chi connectivity index (χ1v) is 6.86. The van der Waals surface area contributed by atoms with E-state index in [1.165, 1.54) is 6.07 Å². The first kappa shape index (κ1) is 12.3. The number of aryl methyl sites for hydroxylation is 1. The number of thiazole rings is 1. The maximum Gasteiger partial charge on any atom is 0.169 e. The van der Waals surface area contributed by atoms with Crippen molar-refractivity contribution in [2.75, 3.05) is 0 Å². The zero-order chi connectivity index (χ0) is 13.4. The minimum atomic E-state index is -0.360. The molecule has 0 radical (unpaired) electrons. The van der Waals surface area contributed by atoms with E-state index in [0.29, 0.717) is 12.2 Å². The predicted molar refractivity (Wildman–Crippen MR) is 73.7 cm³/mol. The monoisotopic (exact) mass is 276 g/mol. The standard InChI is InChI=1S/C14H13FN2OS/c1-8-7-19-13(17-8)6-11(16)12-5-9-3-2-4-10(15)14(9)18-12/h2-5,7,11H,6,16H2,1H3. The third kappa shape index (κ3) is 2.39. The van der Waals surface area contributed by atoms with Crippen molar-refractivity contribution in [2.24, 2.45) is 5.73 Å². The summed E-state index contributed by atoms with van der Waals surface area (Å²) in [6.45, 7) is 1.95. The van der Waals surface area contributed by atoms with Crippen LogP contribution in [-0.4, -0.2) is 4.98 Å². The minimum Gasteiger partial charge on any atom is -0.456 e. The normalized spacial score (nSPS) is 13.0. The lowest BCUT2D eigenvalue weighted by Crippen LogP contribution is -2.12. The van der Waals surface area contributed by atoms with Gasteiger partial charge in [-0.05, 0) is 19.1 Å². The molecule has 0 saturated heterocycles. The van der Waals surface area contributed by atoms with E-state index < -0.39 is 0 Å². The van der Waals surface area contributed by atoms with Crippen molar-refractivity contribution in [2.45, 2.75) is 19.4 Å². The summed E-state index contributed by atoms with van der Waals surface area (Å²) in [7, 11) is 0. The van der Waals surface area contributed by atoms with Gasteiger partial charge in [-0.2, -0.15) is 0 Å². The molecule has 0 aliphatic rings. The van der Waals surface area contributed by atoms with Crippen LogP contribution in [0, 0.1) is 12.7 Å². The number of furan rings is 1. The molecule has 0 spiro atoms. The van der Waals surface area contributed by atoms with Crippen molar-refractivity contribution < 1.29 is 8.81 Å². The molecule has 0 amide bonds. The molecular weight excluding hydrogens is 263 g/mol. The number of hydrogen-bond acceptors (Lipinski definition) is 4. The van der Waals surface area contributed by atoms with Crippen LogP contribution in [0.15, 0.2) is 34.1 Å². The lowest BCUT2D eigenvalue weighted by molar-refractivity contribution is 0.478. The second-order valence-electron chi connectivity index (χ2n) is 4.50. The van der Waals surface area contributed by atoms with Gasteiger partial charge in [0.05, 0.1) is 11.0 Å². The van der Waals surface area contributed by atoms with E-state index in [4.69, 9.17) is 10.2 Å². The molecule has 3 aromatic rings. The molecule has 3 rings (SSSR count). The molecule has 0 fully saturated rings. The molecule has 1 atom stereocenters. The molecule has 5 heteroatoms. The summed E-state index contributed by atoms with van der Waals surface area (Å²) in [5.41, 5.74) is 7.36. The van der Waals surface area contributed by atoms with Crippen LogP contribution >= 0.6 is 11.3 Å². The van der Waals surface area contributed by atoms with Crippen LogP contribution < -0.4 is 5.73 Å². The molecule has 0 bridgehead atoms. The first-order valence-electron chi connectivity index (χ1n) is 5.98. The molecule has 0 aliphatic carbocycles. The van der Waals surface area contributed by atoms with E-state index in [2.05, 4.69) is 4.98 Å². The number of rotatable bonds is 3. The molecule has 2 heterocycles. The highest BCUT2D eigenvalue weighted by atomic mass is 32.1. The Morgan fingerprint density at radius 2 is 2.32 bits per heavy atom. The van der Waals surface area contributed by atoms with E-state index in [0.717, 1.165) is 16.1 Å². The van der Waals surface area contributed by atoms with E-state index in [1.807, 2.05) is 18.4 Å². The largest absolute Gasteiger partial charge is 0.456 e. The molecule has 3 nitrogen and oxygen atoms in total. The van der Waals surface area contributed by atoms with Crippen LogP contribution in [0.2, 0.25) is 0 Å². The molecule has 2 aromatic heterocycles. The van der Waals surface area contributed by atoms with Crippen molar-refractivity contribution in [1.29, 1.82) is 0 Å². The highest BCUT2D eigenvalue weighted by Crippen LogP contribution is 2.27. The third-order valence-electron chi connectivity index (χ3n) is 2.94. The lowest BCUT2D eigenvalue weighted by Gasteiger charge is -2.05. The van der Waals surface area contributed by atoms with Gasteiger partial charge in [0, 0.05) is 22.9 Å². The molecule has 1 aromatic carbocycles. The Kier molecular flexibility index (Phi) is 3.08. The number of fused-ring (bicyclic) bond motifs is 1. The van der Waals surface area contributed by atoms with Gasteiger partial charge in [0.15, 0.2) is 11.4 Å². The molecule has 98 valence electrons. The van der Waals surface area contributed by atoms with Crippen molar-refractivity contribution in [1.82, 2.24) is 4.98 Å². The smallest absolute Gasteiger partial charge is 0.169 e. The van der Waals surface area contributed by atoms with Crippen LogP contribution in [0.1, 0.15) is 22.5 Å². The average molecular weight is 276 g/mol. The summed E-state index contributed by atoms with van der Waals surface area (Å²) in [6.07, 6.45) is 0.597. The number of benzene rings is 1. The van der Waals surface area contributed by atoms with Gasteiger partial charge in [0.1, 0.15) is 5.76 Å². The van der Waals surface area contributed by atoms with E-state index in [1.54, 1.807) is 23.5 Å². The second kappa shape index (κ2) is 4.75. The summed E-state index contributed by atoms with van der Waals surface area (Å²) < 4.78 is 19.1. The Hall–Kier alpha value is -1.72. The van der Waals surface area contributed by atoms with Gasteiger partial charge in [0.2, 0.25) is 0 Å². The van der Waals surface area contributed by atoms with Crippen LogP contribution in [0.4, 0.5) is 4.39 Å². The summed E-state index contributed by atoms with van der Waals surface area (Å²) in [5, 5.41) is 3.69. The number of nitrogens with two attached hydrogens (primary N) is 1. The highest BCUT2D eigenvalue weighted by molar-refractivity contribution is 7.09. The third-order valence-corrected chi connectivity index (χ3v) is 3.93. The molecule has 0 aliphatic heterocycles. The van der Waals surface area contributed by atoms with Gasteiger partial charge in [-0.15, -0.1) is 11.3 Å². The Morgan fingerprint density at radius 1 is 1.47 bits per heavy atom. The summed E-state index contributed by atoms with van der Waals surface area (Å²) >= 11 is 1.58. The molecule has 1 unspecified atom stereocenters. The Labute approximate surface area is 113 Å².